The van der Waals surface area contributed by atoms with Crippen molar-refractivity contribution in [3.63, 3.8) is 0 Å². The fourth-order valence-electron chi connectivity index (χ4n) is 3.43. The van der Waals surface area contributed by atoms with Gasteiger partial charge in [-0.15, -0.1) is 0 Å². The normalized spacial score (nSPS) is 20.5. The summed E-state index contributed by atoms with van der Waals surface area (Å²) < 4.78 is 20.3. The number of nitrogens with zero attached hydrogens (tertiary/aromatic N) is 2. The van der Waals surface area contributed by atoms with Gasteiger partial charge in [-0.3, -0.25) is 4.79 Å². The summed E-state index contributed by atoms with van der Waals surface area (Å²) in [6, 6.07) is 12.8. The summed E-state index contributed by atoms with van der Waals surface area (Å²) in [5.41, 5.74) is 1.68. The highest BCUT2D eigenvalue weighted by atomic mass is 35.5. The van der Waals surface area contributed by atoms with Crippen LogP contribution in [0.5, 0.6) is 5.75 Å². The summed E-state index contributed by atoms with van der Waals surface area (Å²) in [5, 5.41) is 3.63. The number of amides is 1. The average Bonchev–Trinajstić information content (AvgIpc) is 3.42. The molecule has 3 aromatic rings. The zero-order valence-corrected chi connectivity index (χ0v) is 18.1. The van der Waals surface area contributed by atoms with Gasteiger partial charge in [0, 0.05) is 29.5 Å². The first kappa shape index (κ1) is 21.6. The predicted octanol–water partition coefficient (Wildman–Crippen LogP) is 3.78. The second kappa shape index (κ2) is 9.70. The Hall–Kier alpha value is -2.58. The summed E-state index contributed by atoms with van der Waals surface area (Å²) in [4.78, 5) is 14.5. The number of halogens is 2. The third kappa shape index (κ3) is 5.19. The molecule has 1 saturated heterocycles. The minimum Gasteiger partial charge on any atom is -0.491 e. The lowest BCUT2D eigenvalue weighted by molar-refractivity contribution is -0.189. The van der Waals surface area contributed by atoms with Gasteiger partial charge in [0.2, 0.25) is 12.2 Å². The van der Waals surface area contributed by atoms with Gasteiger partial charge in [-0.1, -0.05) is 41.4 Å². The molecule has 1 aliphatic rings. The molecule has 1 fully saturated rings. The first-order chi connectivity index (χ1) is 15.1. The van der Waals surface area contributed by atoms with Gasteiger partial charge in [0.15, 0.2) is 0 Å². The first-order valence-electron chi connectivity index (χ1n) is 9.70. The Bertz CT molecular complexity index is 1010. The van der Waals surface area contributed by atoms with E-state index in [0.29, 0.717) is 54.1 Å². The van der Waals surface area contributed by atoms with Crippen molar-refractivity contribution in [3.8, 4) is 5.75 Å². The van der Waals surface area contributed by atoms with Crippen LogP contribution < -0.4 is 10.1 Å². The third-order valence-corrected chi connectivity index (χ3v) is 5.45. The van der Waals surface area contributed by atoms with Crippen molar-refractivity contribution in [2.45, 2.75) is 25.0 Å². The van der Waals surface area contributed by atoms with Crippen molar-refractivity contribution in [2.24, 2.45) is 0 Å². The maximum Gasteiger partial charge on any atom is 0.215 e. The van der Waals surface area contributed by atoms with Crippen molar-refractivity contribution < 1.29 is 19.0 Å². The van der Waals surface area contributed by atoms with Crippen LogP contribution in [-0.4, -0.2) is 35.3 Å². The molecule has 0 unspecified atom stereocenters. The van der Waals surface area contributed by atoms with Crippen LogP contribution in [0.4, 0.5) is 0 Å². The molecule has 0 saturated carbocycles. The number of imidazole rings is 1. The predicted molar refractivity (Wildman–Crippen MR) is 116 cm³/mol. The monoisotopic (exact) mass is 461 g/mol. The van der Waals surface area contributed by atoms with Gasteiger partial charge in [0.05, 0.1) is 24.5 Å². The minimum atomic E-state index is -1.08. The van der Waals surface area contributed by atoms with E-state index in [1.165, 1.54) is 0 Å². The number of carbonyl (C=O) groups excluding carboxylic acids is 1. The summed E-state index contributed by atoms with van der Waals surface area (Å²) >= 11 is 12.6. The molecule has 1 aromatic heterocycles. The molecule has 0 radical (unpaired) electrons. The molecule has 4 rings (SSSR count). The van der Waals surface area contributed by atoms with Gasteiger partial charge in [-0.05, 0) is 29.8 Å². The number of rotatable bonds is 9. The van der Waals surface area contributed by atoms with E-state index in [1.807, 2.05) is 41.1 Å². The van der Waals surface area contributed by atoms with Gasteiger partial charge in [-0.25, -0.2) is 4.98 Å². The fourth-order valence-corrected chi connectivity index (χ4v) is 3.98. The molecule has 7 nitrogen and oxygen atoms in total. The van der Waals surface area contributed by atoms with Gasteiger partial charge >= 0.3 is 0 Å². The molecule has 9 heteroatoms. The van der Waals surface area contributed by atoms with E-state index < -0.39 is 5.79 Å². The van der Waals surface area contributed by atoms with Crippen molar-refractivity contribution in [2.75, 3.05) is 13.2 Å². The Balaban J connectivity index is 1.46. The van der Waals surface area contributed by atoms with Crippen LogP contribution >= 0.6 is 23.2 Å². The van der Waals surface area contributed by atoms with Crippen LogP contribution in [0, 0.1) is 0 Å². The van der Waals surface area contributed by atoms with Gasteiger partial charge < -0.3 is 24.1 Å². The molecular formula is C22H21Cl2N3O4. The highest BCUT2D eigenvalue weighted by Crippen LogP contribution is 2.40. The van der Waals surface area contributed by atoms with Crippen molar-refractivity contribution >= 4 is 29.6 Å². The van der Waals surface area contributed by atoms with Crippen LogP contribution in [-0.2, 0) is 33.1 Å². The number of hydrogen-bond donors (Lipinski definition) is 1. The molecule has 0 spiro atoms. The highest BCUT2D eigenvalue weighted by Gasteiger charge is 2.45. The van der Waals surface area contributed by atoms with E-state index in [1.54, 1.807) is 24.7 Å². The number of ether oxygens (including phenoxy) is 3. The summed E-state index contributed by atoms with van der Waals surface area (Å²) in [6.07, 6.45) is 5.60. The summed E-state index contributed by atoms with van der Waals surface area (Å²) in [5.74, 6) is -0.379. The molecule has 2 atom stereocenters. The molecule has 0 aliphatic carbocycles. The highest BCUT2D eigenvalue weighted by molar-refractivity contribution is 6.35. The number of aromatic nitrogens is 2. The quantitative estimate of drug-likeness (QED) is 0.490. The molecule has 1 N–H and O–H groups in total. The lowest BCUT2D eigenvalue weighted by atomic mass is 10.1. The Morgan fingerprint density at radius 3 is 2.81 bits per heavy atom. The molecule has 31 heavy (non-hydrogen) atoms. The molecule has 162 valence electrons. The van der Waals surface area contributed by atoms with E-state index in [0.717, 1.165) is 5.56 Å². The second-order valence-electron chi connectivity index (χ2n) is 7.12. The van der Waals surface area contributed by atoms with Crippen molar-refractivity contribution in [1.29, 1.82) is 0 Å². The van der Waals surface area contributed by atoms with Gasteiger partial charge in [0.25, 0.3) is 0 Å². The number of carbonyl (C=O) groups is 1. The van der Waals surface area contributed by atoms with E-state index in [4.69, 9.17) is 37.4 Å². The SMILES string of the molecule is O=CNCc1ccc(OC[C@@H]2CO[C@@](Cn3ccnc3)(c3ccc(Cl)cc3Cl)O2)cc1. The molecular weight excluding hydrogens is 441 g/mol. The Morgan fingerprint density at radius 1 is 1.26 bits per heavy atom. The van der Waals surface area contributed by atoms with E-state index in [2.05, 4.69) is 10.3 Å². The summed E-state index contributed by atoms with van der Waals surface area (Å²) in [6.45, 7) is 1.50. The van der Waals surface area contributed by atoms with Crippen LogP contribution in [0.15, 0.2) is 61.2 Å². The van der Waals surface area contributed by atoms with Crippen molar-refractivity contribution in [1.82, 2.24) is 14.9 Å². The maximum absolute atomic E-state index is 10.4. The Labute approximate surface area is 189 Å². The largest absolute Gasteiger partial charge is 0.491 e. The molecule has 1 amide bonds. The van der Waals surface area contributed by atoms with Crippen LogP contribution in [0.2, 0.25) is 10.0 Å². The number of nitrogens with one attached hydrogen (secondary N) is 1. The molecule has 0 bridgehead atoms. The van der Waals surface area contributed by atoms with E-state index in [-0.39, 0.29) is 6.10 Å². The van der Waals surface area contributed by atoms with Crippen LogP contribution in [0.3, 0.4) is 0 Å². The fraction of sp³-hybridized carbons (Fsp3) is 0.273. The Morgan fingerprint density at radius 2 is 2.10 bits per heavy atom. The topological polar surface area (TPSA) is 74.6 Å². The third-order valence-electron chi connectivity index (χ3n) is 4.90. The minimum absolute atomic E-state index is 0.299. The average molecular weight is 462 g/mol. The van der Waals surface area contributed by atoms with E-state index >= 15 is 0 Å². The van der Waals surface area contributed by atoms with Crippen LogP contribution in [0.1, 0.15) is 11.1 Å². The zero-order valence-electron chi connectivity index (χ0n) is 16.5. The first-order valence-corrected chi connectivity index (χ1v) is 10.5. The number of benzene rings is 2. The maximum atomic E-state index is 10.4. The van der Waals surface area contributed by atoms with Crippen molar-refractivity contribution in [3.05, 3.63) is 82.4 Å². The van der Waals surface area contributed by atoms with Gasteiger partial charge in [0.1, 0.15) is 18.5 Å². The zero-order chi connectivity index (χ0) is 21.7. The molecule has 2 heterocycles. The molecule has 1 aliphatic heterocycles. The lowest BCUT2D eigenvalue weighted by Crippen LogP contribution is -2.34. The Kier molecular flexibility index (Phi) is 6.77. The van der Waals surface area contributed by atoms with Crippen LogP contribution in [0.25, 0.3) is 0 Å². The lowest BCUT2D eigenvalue weighted by Gasteiger charge is -2.30. The van der Waals surface area contributed by atoms with Gasteiger partial charge in [-0.2, -0.15) is 0 Å². The molecule has 2 aromatic carbocycles. The standard InChI is InChI=1S/C22H21Cl2N3O4/c23-17-3-6-20(21(24)9-17)22(13-27-8-7-25-14-27)30-12-19(31-22)11-29-18-4-1-16(2-5-18)10-26-15-28/h1-9,14-15,19H,10-13H2,(H,26,28)/t19-,22-/m1/s1. The summed E-state index contributed by atoms with van der Waals surface area (Å²) in [7, 11) is 0. The number of hydrogen-bond acceptors (Lipinski definition) is 5. The smallest absolute Gasteiger partial charge is 0.215 e. The van der Waals surface area contributed by atoms with E-state index in [9.17, 15) is 4.79 Å². The second-order valence-corrected chi connectivity index (χ2v) is 7.96.